The molecule has 0 saturated carbocycles. The van der Waals surface area contributed by atoms with Crippen LogP contribution in [0.2, 0.25) is 0 Å². The van der Waals surface area contributed by atoms with Gasteiger partial charge in [-0.2, -0.15) is 0 Å². The van der Waals surface area contributed by atoms with Crippen molar-refractivity contribution in [2.24, 2.45) is 0 Å². The number of pyridine rings is 1. The van der Waals surface area contributed by atoms with Gasteiger partial charge in [0, 0.05) is 33.5 Å². The first-order valence-corrected chi connectivity index (χ1v) is 13.2. The summed E-state index contributed by atoms with van der Waals surface area (Å²) in [5.41, 5.74) is 8.26. The van der Waals surface area contributed by atoms with Gasteiger partial charge in [0.2, 0.25) is 0 Å². The second-order valence-electron chi connectivity index (χ2n) is 9.74. The number of benzene rings is 5. The summed E-state index contributed by atoms with van der Waals surface area (Å²) in [5, 5.41) is 1.40. The maximum absolute atomic E-state index is 13.9. The van der Waals surface area contributed by atoms with Crippen molar-refractivity contribution >= 4 is 51.0 Å². The van der Waals surface area contributed by atoms with Crippen LogP contribution in [0.4, 0.5) is 17.1 Å². The van der Waals surface area contributed by atoms with Crippen LogP contribution >= 0.6 is 0 Å². The molecule has 5 aromatic carbocycles. The van der Waals surface area contributed by atoms with Gasteiger partial charge in [-0.05, 0) is 84.3 Å². The van der Waals surface area contributed by atoms with Gasteiger partial charge in [0.15, 0.2) is 5.43 Å². The number of anilines is 3. The minimum atomic E-state index is 0.0395. The number of fused-ring (bicyclic) bond motifs is 3. The highest BCUT2D eigenvalue weighted by atomic mass is 16.1. The lowest BCUT2D eigenvalue weighted by Gasteiger charge is -2.27. The highest BCUT2D eigenvalue weighted by Gasteiger charge is 2.18. The summed E-state index contributed by atoms with van der Waals surface area (Å²) >= 11 is 0. The molecule has 0 bridgehead atoms. The van der Waals surface area contributed by atoms with Crippen LogP contribution in [-0.2, 0) is 0 Å². The van der Waals surface area contributed by atoms with Gasteiger partial charge in [0.25, 0.3) is 0 Å². The van der Waals surface area contributed by atoms with Crippen LogP contribution in [0.1, 0.15) is 17.5 Å². The van der Waals surface area contributed by atoms with E-state index in [-0.39, 0.29) is 5.43 Å². The normalized spacial score (nSPS) is 12.4. The third-order valence-electron chi connectivity index (χ3n) is 7.34. The summed E-state index contributed by atoms with van der Waals surface area (Å²) in [6, 6.07) is 41.2. The standard InChI is InChI=1S/C36H26N2O/c39-36-32-18-10-11-19-34(32)38(29-16-8-3-9-17-29)35-23-22-31(25-33(35)36)37(28-14-6-2-7-15-28)30-21-20-26-12-4-1-5-13-27(26)24-30/h2-25H,1H2. The quantitative estimate of drug-likeness (QED) is 0.225. The fraction of sp³-hybridized carbons (Fsp3) is 0.0278. The highest BCUT2D eigenvalue weighted by Crippen LogP contribution is 2.38. The molecule has 0 radical (unpaired) electrons. The molecule has 0 amide bonds. The van der Waals surface area contributed by atoms with E-state index in [0.29, 0.717) is 10.8 Å². The molecular formula is C36H26N2O. The number of hydrogen-bond donors (Lipinski definition) is 0. The van der Waals surface area contributed by atoms with Crippen LogP contribution in [0.3, 0.4) is 0 Å². The monoisotopic (exact) mass is 502 g/mol. The van der Waals surface area contributed by atoms with E-state index in [1.54, 1.807) is 0 Å². The second kappa shape index (κ2) is 9.62. The van der Waals surface area contributed by atoms with Gasteiger partial charge in [-0.15, -0.1) is 0 Å². The molecule has 0 N–H and O–H groups in total. The fourth-order valence-corrected chi connectivity index (χ4v) is 5.52. The van der Waals surface area contributed by atoms with E-state index in [4.69, 9.17) is 0 Å². The molecule has 1 aliphatic carbocycles. The molecule has 0 saturated heterocycles. The Kier molecular flexibility index (Phi) is 5.68. The van der Waals surface area contributed by atoms with Crippen LogP contribution < -0.4 is 10.3 Å². The van der Waals surface area contributed by atoms with Crippen molar-refractivity contribution in [3.05, 3.63) is 155 Å². The minimum absolute atomic E-state index is 0.0395. The van der Waals surface area contributed by atoms with E-state index >= 15 is 0 Å². The Morgan fingerprint density at radius 1 is 0.538 bits per heavy atom. The maximum atomic E-state index is 13.9. The zero-order chi connectivity index (χ0) is 26.2. The summed E-state index contributed by atoms with van der Waals surface area (Å²) in [4.78, 5) is 16.1. The van der Waals surface area contributed by atoms with Crippen molar-refractivity contribution in [3.63, 3.8) is 0 Å². The predicted octanol–water partition coefficient (Wildman–Crippen LogP) is 9.04. The molecule has 3 heteroatoms. The van der Waals surface area contributed by atoms with Gasteiger partial charge in [-0.3, -0.25) is 4.79 Å². The first kappa shape index (κ1) is 23.0. The maximum Gasteiger partial charge on any atom is 0.197 e. The summed E-state index contributed by atoms with van der Waals surface area (Å²) in [6.07, 6.45) is 9.67. The van der Waals surface area contributed by atoms with Crippen LogP contribution in [0.15, 0.2) is 138 Å². The summed E-state index contributed by atoms with van der Waals surface area (Å²) < 4.78 is 2.18. The van der Waals surface area contributed by atoms with Crippen molar-refractivity contribution in [1.82, 2.24) is 4.57 Å². The Morgan fingerprint density at radius 3 is 2.00 bits per heavy atom. The first-order chi connectivity index (χ1) is 19.3. The van der Waals surface area contributed by atoms with Gasteiger partial charge in [-0.1, -0.05) is 78.9 Å². The van der Waals surface area contributed by atoms with Gasteiger partial charge in [-0.25, -0.2) is 0 Å². The number of allylic oxidation sites excluding steroid dienone is 2. The molecule has 1 heterocycles. The van der Waals surface area contributed by atoms with Crippen LogP contribution in [0.25, 0.3) is 39.6 Å². The van der Waals surface area contributed by atoms with E-state index in [0.717, 1.165) is 40.2 Å². The van der Waals surface area contributed by atoms with E-state index in [9.17, 15) is 4.79 Å². The lowest BCUT2D eigenvalue weighted by molar-refractivity contribution is 1.16. The zero-order valence-corrected chi connectivity index (χ0v) is 21.4. The lowest BCUT2D eigenvalue weighted by atomic mass is 10.0. The Bertz CT molecular complexity index is 1950. The molecule has 3 nitrogen and oxygen atoms in total. The molecule has 1 aliphatic rings. The molecular weight excluding hydrogens is 476 g/mol. The molecule has 0 spiro atoms. The number of nitrogens with zero attached hydrogens (tertiary/aromatic N) is 2. The van der Waals surface area contributed by atoms with Gasteiger partial charge in [0.1, 0.15) is 0 Å². The van der Waals surface area contributed by atoms with Gasteiger partial charge in [0.05, 0.1) is 11.0 Å². The minimum Gasteiger partial charge on any atom is -0.310 e. The van der Waals surface area contributed by atoms with Crippen molar-refractivity contribution in [3.8, 4) is 5.69 Å². The van der Waals surface area contributed by atoms with Gasteiger partial charge >= 0.3 is 0 Å². The van der Waals surface area contributed by atoms with E-state index in [2.05, 4.69) is 88.4 Å². The number of para-hydroxylation sites is 3. The molecule has 0 aliphatic heterocycles. The molecule has 186 valence electrons. The van der Waals surface area contributed by atoms with Crippen LogP contribution in [0, 0.1) is 0 Å². The predicted molar refractivity (Wildman–Crippen MR) is 164 cm³/mol. The Morgan fingerprint density at radius 2 is 1.18 bits per heavy atom. The van der Waals surface area contributed by atoms with Crippen molar-refractivity contribution in [2.45, 2.75) is 6.42 Å². The Balaban J connectivity index is 1.49. The summed E-state index contributed by atoms with van der Waals surface area (Å²) in [7, 11) is 0. The van der Waals surface area contributed by atoms with E-state index < -0.39 is 0 Å². The molecule has 0 atom stereocenters. The molecule has 0 unspecified atom stereocenters. The summed E-state index contributed by atoms with van der Waals surface area (Å²) in [5.74, 6) is 0. The topological polar surface area (TPSA) is 25.2 Å². The Labute approximate surface area is 227 Å². The van der Waals surface area contributed by atoms with E-state index in [1.165, 1.54) is 11.1 Å². The SMILES string of the molecule is O=c1c2ccccc2n(-c2ccccc2)c2ccc(N(c3ccccc3)c3ccc4c(c3)C=CCC=C4)cc12. The highest BCUT2D eigenvalue weighted by molar-refractivity contribution is 5.97. The average molecular weight is 503 g/mol. The van der Waals surface area contributed by atoms with Gasteiger partial charge < -0.3 is 9.47 Å². The smallest absolute Gasteiger partial charge is 0.197 e. The van der Waals surface area contributed by atoms with E-state index in [1.807, 2.05) is 66.7 Å². The third-order valence-corrected chi connectivity index (χ3v) is 7.34. The molecule has 39 heavy (non-hydrogen) atoms. The largest absolute Gasteiger partial charge is 0.310 e. The van der Waals surface area contributed by atoms with Crippen molar-refractivity contribution in [2.75, 3.05) is 4.90 Å². The fourth-order valence-electron chi connectivity index (χ4n) is 5.52. The van der Waals surface area contributed by atoms with Crippen LogP contribution in [0.5, 0.6) is 0 Å². The van der Waals surface area contributed by atoms with Crippen LogP contribution in [-0.4, -0.2) is 4.57 Å². The van der Waals surface area contributed by atoms with Crippen molar-refractivity contribution in [1.29, 1.82) is 0 Å². The Hall–Kier alpha value is -5.15. The molecule has 6 aromatic rings. The second-order valence-corrected chi connectivity index (χ2v) is 9.74. The summed E-state index contributed by atoms with van der Waals surface area (Å²) in [6.45, 7) is 0. The average Bonchev–Trinajstić information content (AvgIpc) is 3.24. The molecule has 7 rings (SSSR count). The third kappa shape index (κ3) is 4.05. The molecule has 0 fully saturated rings. The molecule has 1 aromatic heterocycles. The first-order valence-electron chi connectivity index (χ1n) is 13.2. The zero-order valence-electron chi connectivity index (χ0n) is 21.4. The van der Waals surface area contributed by atoms with Crippen molar-refractivity contribution < 1.29 is 0 Å². The number of rotatable bonds is 4. The lowest BCUT2D eigenvalue weighted by Crippen LogP contribution is -2.13. The number of hydrogen-bond acceptors (Lipinski definition) is 2. The number of aromatic nitrogens is 1.